The maximum atomic E-state index is 12.9. The van der Waals surface area contributed by atoms with Gasteiger partial charge in [0.1, 0.15) is 5.03 Å². The molecule has 1 N–H and O–H groups in total. The largest absolute Gasteiger partial charge is 0.396 e. The molecule has 1 aliphatic heterocycles. The molecule has 4 nitrogen and oxygen atoms in total. The van der Waals surface area contributed by atoms with E-state index in [0.717, 1.165) is 29.3 Å². The summed E-state index contributed by atoms with van der Waals surface area (Å²) in [5.74, 6) is 0.198. The topological polar surface area (TPSA) is 53.4 Å². The molecule has 2 heterocycles. The molecule has 3 rings (SSSR count). The molecule has 0 radical (unpaired) electrons. The number of nitrogens with zero attached hydrogens (tertiary/aromatic N) is 2. The average Bonchev–Trinajstić information content (AvgIpc) is 2.62. The molecule has 0 saturated carbocycles. The Hall–Kier alpha value is -1.85. The molecule has 1 unspecified atom stereocenters. The number of carbonyl (C=O) groups excluding carboxylic acids is 1. The van der Waals surface area contributed by atoms with Crippen molar-refractivity contribution in [3.63, 3.8) is 0 Å². The highest BCUT2D eigenvalue weighted by molar-refractivity contribution is 7.99. The van der Waals surface area contributed by atoms with Crippen molar-refractivity contribution in [2.24, 2.45) is 5.92 Å². The monoisotopic (exact) mass is 328 g/mol. The van der Waals surface area contributed by atoms with Crippen LogP contribution in [-0.2, 0) is 0 Å². The summed E-state index contributed by atoms with van der Waals surface area (Å²) < 4.78 is 0. The first-order valence-corrected chi connectivity index (χ1v) is 8.67. The third kappa shape index (κ3) is 3.92. The zero-order valence-corrected chi connectivity index (χ0v) is 13.7. The van der Waals surface area contributed by atoms with Crippen molar-refractivity contribution in [2.45, 2.75) is 22.8 Å². The van der Waals surface area contributed by atoms with Gasteiger partial charge < -0.3 is 10.0 Å². The molecule has 120 valence electrons. The summed E-state index contributed by atoms with van der Waals surface area (Å²) in [4.78, 5) is 20.2. The van der Waals surface area contributed by atoms with Crippen molar-refractivity contribution in [1.82, 2.24) is 9.88 Å². The Morgan fingerprint density at radius 1 is 1.26 bits per heavy atom. The van der Waals surface area contributed by atoms with Gasteiger partial charge in [-0.15, -0.1) is 0 Å². The second-order valence-electron chi connectivity index (χ2n) is 5.71. The zero-order chi connectivity index (χ0) is 16.1. The van der Waals surface area contributed by atoms with Gasteiger partial charge in [-0.25, -0.2) is 4.98 Å². The van der Waals surface area contributed by atoms with E-state index in [1.807, 2.05) is 41.3 Å². The first-order valence-electron chi connectivity index (χ1n) is 7.86. The predicted molar refractivity (Wildman–Crippen MR) is 90.5 cm³/mol. The quantitative estimate of drug-likeness (QED) is 0.937. The maximum absolute atomic E-state index is 12.9. The van der Waals surface area contributed by atoms with Crippen LogP contribution < -0.4 is 0 Å². The number of hydrogen-bond acceptors (Lipinski definition) is 4. The molecule has 0 aliphatic carbocycles. The van der Waals surface area contributed by atoms with Crippen LogP contribution >= 0.6 is 11.8 Å². The zero-order valence-electron chi connectivity index (χ0n) is 12.9. The highest BCUT2D eigenvalue weighted by Crippen LogP contribution is 2.29. The Labute approximate surface area is 140 Å². The van der Waals surface area contributed by atoms with Gasteiger partial charge in [-0.3, -0.25) is 4.79 Å². The number of aliphatic hydroxyl groups is 1. The minimum absolute atomic E-state index is 0.00896. The standard InChI is InChI=1S/C18H20N2O2S/c21-13-14-6-5-11-20(12-14)18(22)16-9-4-10-19-17(16)23-15-7-2-1-3-8-15/h1-4,7-10,14,21H,5-6,11-13H2. The van der Waals surface area contributed by atoms with Crippen LogP contribution in [0.2, 0.25) is 0 Å². The van der Waals surface area contributed by atoms with Crippen LogP contribution in [0.5, 0.6) is 0 Å². The molecule has 23 heavy (non-hydrogen) atoms. The lowest BCUT2D eigenvalue weighted by molar-refractivity contribution is 0.0616. The van der Waals surface area contributed by atoms with E-state index in [4.69, 9.17) is 0 Å². The molecular weight excluding hydrogens is 308 g/mol. The number of hydrogen-bond donors (Lipinski definition) is 1. The second-order valence-corrected chi connectivity index (χ2v) is 6.78. The van der Waals surface area contributed by atoms with Gasteiger partial charge in [0.05, 0.1) is 5.56 Å². The van der Waals surface area contributed by atoms with Gasteiger partial charge >= 0.3 is 0 Å². The highest BCUT2D eigenvalue weighted by atomic mass is 32.2. The van der Waals surface area contributed by atoms with Crippen LogP contribution in [0.1, 0.15) is 23.2 Å². The number of carbonyl (C=O) groups is 1. The normalized spacial score (nSPS) is 18.0. The molecule has 1 atom stereocenters. The molecular formula is C18H20N2O2S. The van der Waals surface area contributed by atoms with E-state index in [1.54, 1.807) is 12.3 Å². The maximum Gasteiger partial charge on any atom is 0.256 e. The van der Waals surface area contributed by atoms with Gasteiger partial charge in [-0.05, 0) is 43.0 Å². The van der Waals surface area contributed by atoms with Gasteiger partial charge in [0.25, 0.3) is 5.91 Å². The summed E-state index contributed by atoms with van der Waals surface area (Å²) in [7, 11) is 0. The summed E-state index contributed by atoms with van der Waals surface area (Å²) in [6.07, 6.45) is 3.64. The number of piperidine rings is 1. The fourth-order valence-electron chi connectivity index (χ4n) is 2.80. The minimum Gasteiger partial charge on any atom is -0.396 e. The summed E-state index contributed by atoms with van der Waals surface area (Å²) in [6, 6.07) is 13.6. The number of amides is 1. The van der Waals surface area contributed by atoms with Crippen LogP contribution in [0, 0.1) is 5.92 Å². The summed E-state index contributed by atoms with van der Waals surface area (Å²) in [5, 5.41) is 10.1. The van der Waals surface area contributed by atoms with Crippen LogP contribution in [0.3, 0.4) is 0 Å². The van der Waals surface area contributed by atoms with Gasteiger partial charge in [-0.1, -0.05) is 30.0 Å². The van der Waals surface area contributed by atoms with E-state index >= 15 is 0 Å². The highest BCUT2D eigenvalue weighted by Gasteiger charge is 2.25. The number of likely N-dealkylation sites (tertiary alicyclic amines) is 1. The molecule has 2 aromatic rings. The Bertz CT molecular complexity index is 663. The number of rotatable bonds is 4. The Morgan fingerprint density at radius 2 is 2.09 bits per heavy atom. The third-order valence-corrected chi connectivity index (χ3v) is 5.05. The average molecular weight is 328 g/mol. The van der Waals surface area contributed by atoms with Gasteiger partial charge in [0.15, 0.2) is 0 Å². The Kier molecular flexibility index (Phi) is 5.31. The van der Waals surface area contributed by atoms with Crippen LogP contribution in [0.15, 0.2) is 58.6 Å². The fraction of sp³-hybridized carbons (Fsp3) is 0.333. The van der Waals surface area contributed by atoms with Gasteiger partial charge in [0.2, 0.25) is 0 Å². The van der Waals surface area contributed by atoms with Crippen LogP contribution in [0.4, 0.5) is 0 Å². The Morgan fingerprint density at radius 3 is 2.87 bits per heavy atom. The van der Waals surface area contributed by atoms with E-state index in [0.29, 0.717) is 12.1 Å². The van der Waals surface area contributed by atoms with Crippen molar-refractivity contribution < 1.29 is 9.90 Å². The van der Waals surface area contributed by atoms with E-state index in [2.05, 4.69) is 4.98 Å². The summed E-state index contributed by atoms with van der Waals surface area (Å²) >= 11 is 1.51. The van der Waals surface area contributed by atoms with E-state index in [9.17, 15) is 9.90 Å². The molecule has 1 fully saturated rings. The van der Waals surface area contributed by atoms with Crippen molar-refractivity contribution in [3.05, 3.63) is 54.2 Å². The van der Waals surface area contributed by atoms with Crippen molar-refractivity contribution in [2.75, 3.05) is 19.7 Å². The predicted octanol–water partition coefficient (Wildman–Crippen LogP) is 3.08. The first kappa shape index (κ1) is 16.0. The molecule has 1 amide bonds. The van der Waals surface area contributed by atoms with Gasteiger partial charge in [0, 0.05) is 30.8 Å². The fourth-order valence-corrected chi connectivity index (χ4v) is 3.70. The lowest BCUT2D eigenvalue weighted by atomic mass is 9.98. The number of aliphatic hydroxyl groups excluding tert-OH is 1. The smallest absolute Gasteiger partial charge is 0.256 e. The SMILES string of the molecule is O=C(c1cccnc1Sc1ccccc1)N1CCCC(CO)C1. The van der Waals surface area contributed by atoms with Crippen molar-refractivity contribution >= 4 is 17.7 Å². The summed E-state index contributed by atoms with van der Waals surface area (Å²) in [5.41, 5.74) is 0.639. The Balaban J connectivity index is 1.80. The molecule has 1 aromatic carbocycles. The molecule has 0 spiro atoms. The van der Waals surface area contributed by atoms with E-state index < -0.39 is 0 Å². The number of aromatic nitrogens is 1. The molecule has 5 heteroatoms. The molecule has 1 aliphatic rings. The van der Waals surface area contributed by atoms with E-state index in [1.165, 1.54) is 11.8 Å². The van der Waals surface area contributed by atoms with E-state index in [-0.39, 0.29) is 18.4 Å². The number of pyridine rings is 1. The molecule has 1 aromatic heterocycles. The third-order valence-electron chi connectivity index (χ3n) is 4.02. The number of benzene rings is 1. The molecule has 0 bridgehead atoms. The lowest BCUT2D eigenvalue weighted by Gasteiger charge is -2.32. The lowest BCUT2D eigenvalue weighted by Crippen LogP contribution is -2.41. The first-order chi connectivity index (χ1) is 11.3. The van der Waals surface area contributed by atoms with Crippen LogP contribution in [-0.4, -0.2) is 40.6 Å². The van der Waals surface area contributed by atoms with Gasteiger partial charge in [-0.2, -0.15) is 0 Å². The van der Waals surface area contributed by atoms with Crippen molar-refractivity contribution in [1.29, 1.82) is 0 Å². The summed E-state index contributed by atoms with van der Waals surface area (Å²) in [6.45, 7) is 1.52. The van der Waals surface area contributed by atoms with Crippen LogP contribution in [0.25, 0.3) is 0 Å². The molecule has 1 saturated heterocycles. The second kappa shape index (κ2) is 7.62. The van der Waals surface area contributed by atoms with Crippen molar-refractivity contribution in [3.8, 4) is 0 Å². The minimum atomic E-state index is 0.00896.